The highest BCUT2D eigenvalue weighted by atomic mass is 19.1. The van der Waals surface area contributed by atoms with Crippen LogP contribution in [0.4, 0.5) is 18.9 Å². The molecule has 1 aromatic heterocycles. The van der Waals surface area contributed by atoms with E-state index in [4.69, 9.17) is 0 Å². The number of halogens is 3. The second-order valence-electron chi connectivity index (χ2n) is 12.3. The second kappa shape index (κ2) is 11.4. The minimum Gasteiger partial charge on any atom is -0.396 e. The quantitative estimate of drug-likeness (QED) is 0.280. The zero-order valence-electron chi connectivity index (χ0n) is 23.4. The lowest BCUT2D eigenvalue weighted by atomic mass is 9.67. The summed E-state index contributed by atoms with van der Waals surface area (Å²) in [6, 6.07) is 10.5. The Balaban J connectivity index is 1.32. The van der Waals surface area contributed by atoms with Crippen molar-refractivity contribution in [2.45, 2.75) is 70.0 Å². The van der Waals surface area contributed by atoms with Crippen molar-refractivity contribution >= 4 is 16.6 Å². The van der Waals surface area contributed by atoms with Gasteiger partial charge in [0, 0.05) is 72.7 Å². The van der Waals surface area contributed by atoms with Crippen LogP contribution >= 0.6 is 0 Å². The van der Waals surface area contributed by atoms with Crippen molar-refractivity contribution in [1.29, 1.82) is 0 Å². The molecule has 1 aliphatic carbocycles. The van der Waals surface area contributed by atoms with Gasteiger partial charge < -0.3 is 20.3 Å². The van der Waals surface area contributed by atoms with Crippen LogP contribution in [-0.2, 0) is 6.42 Å². The molecule has 5 nitrogen and oxygen atoms in total. The first-order chi connectivity index (χ1) is 19.4. The van der Waals surface area contributed by atoms with E-state index in [1.54, 1.807) is 0 Å². The Kier molecular flexibility index (Phi) is 7.85. The number of likely N-dealkylation sites (tertiary alicyclic amines) is 1. The predicted octanol–water partition coefficient (Wildman–Crippen LogP) is 6.18. The summed E-state index contributed by atoms with van der Waals surface area (Å²) in [6.45, 7) is 4.94. The molecule has 2 fully saturated rings. The topological polar surface area (TPSA) is 54.5 Å². The van der Waals surface area contributed by atoms with Gasteiger partial charge >= 0.3 is 0 Å². The fourth-order valence-electron chi connectivity index (χ4n) is 7.30. The highest BCUT2D eigenvalue weighted by Crippen LogP contribution is 2.47. The fraction of sp³-hybridized carbons (Fsp3) is 0.562. The number of H-pyrrole nitrogens is 1. The molecule has 1 saturated carbocycles. The van der Waals surface area contributed by atoms with Crippen molar-refractivity contribution < 1.29 is 18.3 Å². The van der Waals surface area contributed by atoms with Crippen LogP contribution in [0.1, 0.15) is 68.3 Å². The molecule has 0 unspecified atom stereocenters. The predicted molar refractivity (Wildman–Crippen MR) is 153 cm³/mol. The fourth-order valence-corrected chi connectivity index (χ4v) is 7.30. The van der Waals surface area contributed by atoms with Crippen molar-refractivity contribution in [2.24, 2.45) is 5.41 Å². The minimum absolute atomic E-state index is 0.0742. The number of aromatic nitrogens is 1. The molecular formula is C32H41F3N4O. The Hall–Kier alpha value is -2.55. The third-order valence-corrected chi connectivity index (χ3v) is 9.77. The van der Waals surface area contributed by atoms with Gasteiger partial charge in [-0.1, -0.05) is 24.6 Å². The zero-order chi connectivity index (χ0) is 27.9. The second-order valence-corrected chi connectivity index (χ2v) is 12.3. The number of aliphatic hydroxyl groups is 1. The number of aliphatic hydroxyl groups excluding tert-OH is 1. The molecular weight excluding hydrogens is 513 g/mol. The normalized spacial score (nSPS) is 24.8. The molecule has 3 aromatic rings. The van der Waals surface area contributed by atoms with Gasteiger partial charge in [-0.15, -0.1) is 0 Å². The van der Waals surface area contributed by atoms with Gasteiger partial charge in [0.2, 0.25) is 0 Å². The Labute approximate surface area is 234 Å². The van der Waals surface area contributed by atoms with E-state index in [0.29, 0.717) is 25.2 Å². The molecule has 3 aliphatic rings. The highest BCUT2D eigenvalue weighted by Gasteiger charge is 2.42. The minimum atomic E-state index is -0.585. The number of rotatable bonds is 10. The monoisotopic (exact) mass is 554 g/mol. The van der Waals surface area contributed by atoms with Gasteiger partial charge in [0.1, 0.15) is 11.6 Å². The van der Waals surface area contributed by atoms with E-state index in [2.05, 4.69) is 33.1 Å². The maximum atomic E-state index is 16.1. The molecule has 40 heavy (non-hydrogen) atoms. The third kappa shape index (κ3) is 5.14. The summed E-state index contributed by atoms with van der Waals surface area (Å²) in [5.41, 5.74) is 3.42. The Morgan fingerprint density at radius 1 is 1.12 bits per heavy atom. The SMILES string of the molecule is C[C@@H]1Cc2c([nH]c3ccccc23)[C@@H](c2c(F)cc(N[C@H]3CCN(CCCF)C3)cc2F)N1CCC1(CO)CCC1. The average Bonchev–Trinajstić information content (AvgIpc) is 3.51. The van der Waals surface area contributed by atoms with Gasteiger partial charge in [-0.05, 0) is 74.6 Å². The number of nitrogens with zero attached hydrogens (tertiary/aromatic N) is 2. The van der Waals surface area contributed by atoms with Crippen LogP contribution in [0.15, 0.2) is 36.4 Å². The summed E-state index contributed by atoms with van der Waals surface area (Å²) >= 11 is 0. The van der Waals surface area contributed by atoms with Crippen molar-refractivity contribution in [3.8, 4) is 0 Å². The molecule has 0 radical (unpaired) electrons. The van der Waals surface area contributed by atoms with Gasteiger partial charge in [-0.25, -0.2) is 8.78 Å². The van der Waals surface area contributed by atoms with E-state index in [-0.39, 0.29) is 36.3 Å². The van der Waals surface area contributed by atoms with E-state index in [1.807, 2.05) is 18.2 Å². The van der Waals surface area contributed by atoms with E-state index in [0.717, 1.165) is 73.8 Å². The summed E-state index contributed by atoms with van der Waals surface area (Å²) in [7, 11) is 0. The summed E-state index contributed by atoms with van der Waals surface area (Å²) in [6.07, 6.45) is 6.10. The highest BCUT2D eigenvalue weighted by molar-refractivity contribution is 5.85. The molecule has 216 valence electrons. The first kappa shape index (κ1) is 27.6. The van der Waals surface area contributed by atoms with Crippen LogP contribution in [-0.4, -0.2) is 71.4 Å². The first-order valence-electron chi connectivity index (χ1n) is 14.9. The molecule has 3 atom stereocenters. The molecule has 1 saturated heterocycles. The molecule has 0 spiro atoms. The van der Waals surface area contributed by atoms with Gasteiger partial charge in [0.05, 0.1) is 12.7 Å². The maximum absolute atomic E-state index is 16.1. The first-order valence-corrected chi connectivity index (χ1v) is 14.9. The lowest BCUT2D eigenvalue weighted by Crippen LogP contribution is -2.46. The smallest absolute Gasteiger partial charge is 0.133 e. The van der Waals surface area contributed by atoms with Crippen LogP contribution in [0.2, 0.25) is 0 Å². The zero-order valence-corrected chi connectivity index (χ0v) is 23.4. The van der Waals surface area contributed by atoms with Crippen LogP contribution in [0.5, 0.6) is 0 Å². The number of anilines is 1. The van der Waals surface area contributed by atoms with E-state index >= 15 is 8.78 Å². The third-order valence-electron chi connectivity index (χ3n) is 9.77. The maximum Gasteiger partial charge on any atom is 0.133 e. The number of nitrogens with one attached hydrogen (secondary N) is 2. The standard InChI is InChI=1S/C32H41F3N4O/c1-21-16-25-24-6-2-3-7-28(24)37-30(25)31(39(21)15-11-32(20-40)9-4-10-32)29-26(34)17-23(18-27(29)35)36-22-8-14-38(19-22)13-5-12-33/h2-3,6-7,17-18,21-22,31,36-37,40H,4-5,8-16,19-20H2,1H3/t21-,22+,31-/m1/s1. The lowest BCUT2D eigenvalue weighted by molar-refractivity contribution is 0.0150. The van der Waals surface area contributed by atoms with Crippen LogP contribution < -0.4 is 5.32 Å². The Morgan fingerprint density at radius 2 is 1.90 bits per heavy atom. The van der Waals surface area contributed by atoms with Crippen molar-refractivity contribution in [3.63, 3.8) is 0 Å². The molecule has 0 amide bonds. The Morgan fingerprint density at radius 3 is 2.60 bits per heavy atom. The summed E-state index contributed by atoms with van der Waals surface area (Å²) < 4.78 is 44.7. The van der Waals surface area contributed by atoms with Crippen LogP contribution in [0, 0.1) is 17.0 Å². The Bertz CT molecular complexity index is 1310. The van der Waals surface area contributed by atoms with Crippen LogP contribution in [0.3, 0.4) is 0 Å². The number of alkyl halides is 1. The molecule has 2 aliphatic heterocycles. The van der Waals surface area contributed by atoms with Crippen molar-refractivity contribution in [3.05, 3.63) is 64.9 Å². The molecule has 2 aromatic carbocycles. The number of hydrogen-bond acceptors (Lipinski definition) is 4. The van der Waals surface area contributed by atoms with Gasteiger partial charge in [-0.3, -0.25) is 9.29 Å². The van der Waals surface area contributed by atoms with Gasteiger partial charge in [-0.2, -0.15) is 0 Å². The summed E-state index contributed by atoms with van der Waals surface area (Å²) in [5.74, 6) is -1.10. The molecule has 3 N–H and O–H groups in total. The molecule has 3 heterocycles. The number of benzene rings is 2. The molecule has 0 bridgehead atoms. The average molecular weight is 555 g/mol. The van der Waals surface area contributed by atoms with Crippen molar-refractivity contribution in [1.82, 2.24) is 14.8 Å². The molecule has 8 heteroatoms. The number of aromatic amines is 1. The number of hydrogen-bond donors (Lipinski definition) is 3. The summed E-state index contributed by atoms with van der Waals surface area (Å²) in [4.78, 5) is 7.96. The number of para-hydroxylation sites is 1. The largest absolute Gasteiger partial charge is 0.396 e. The summed E-state index contributed by atoms with van der Waals surface area (Å²) in [5, 5.41) is 14.5. The van der Waals surface area contributed by atoms with Crippen molar-refractivity contribution in [2.75, 3.05) is 44.8 Å². The van der Waals surface area contributed by atoms with E-state index in [9.17, 15) is 9.50 Å². The van der Waals surface area contributed by atoms with Gasteiger partial charge in [0.15, 0.2) is 0 Å². The van der Waals surface area contributed by atoms with E-state index in [1.165, 1.54) is 12.1 Å². The van der Waals surface area contributed by atoms with Crippen LogP contribution in [0.25, 0.3) is 10.9 Å². The molecule has 6 rings (SSSR count). The number of fused-ring (bicyclic) bond motifs is 3. The lowest BCUT2D eigenvalue weighted by Gasteiger charge is -2.46. The van der Waals surface area contributed by atoms with Gasteiger partial charge in [0.25, 0.3) is 0 Å². The van der Waals surface area contributed by atoms with E-state index < -0.39 is 17.7 Å².